The van der Waals surface area contributed by atoms with E-state index in [0.29, 0.717) is 11.8 Å². The lowest BCUT2D eigenvalue weighted by molar-refractivity contribution is -0.116. The lowest BCUT2D eigenvalue weighted by atomic mass is 9.75. The van der Waals surface area contributed by atoms with Crippen molar-refractivity contribution in [1.82, 2.24) is 0 Å². The summed E-state index contributed by atoms with van der Waals surface area (Å²) in [6.07, 6.45) is 7.91. The van der Waals surface area contributed by atoms with Crippen molar-refractivity contribution in [2.24, 2.45) is 5.41 Å². The van der Waals surface area contributed by atoms with Crippen LogP contribution in [0.3, 0.4) is 0 Å². The van der Waals surface area contributed by atoms with Crippen molar-refractivity contribution < 1.29 is 4.79 Å². The Morgan fingerprint density at radius 1 is 1.24 bits per heavy atom. The highest BCUT2D eigenvalue weighted by Gasteiger charge is 2.27. The fraction of sp³-hybridized carbons (Fsp3) is 0.588. The first-order valence-corrected chi connectivity index (χ1v) is 8.02. The molecular weight excluding hydrogens is 262 g/mol. The van der Waals surface area contributed by atoms with Gasteiger partial charge in [-0.25, -0.2) is 0 Å². The highest BCUT2D eigenvalue weighted by atomic mass is 16.1. The average molecular weight is 287 g/mol. The summed E-state index contributed by atoms with van der Waals surface area (Å²) in [5, 5.41) is 6.45. The SMILES string of the molecule is CC1(CNc2cc3c(cc2N)CCC(=O)N3)CCCCC1. The van der Waals surface area contributed by atoms with E-state index in [9.17, 15) is 4.79 Å². The average Bonchev–Trinajstić information content (AvgIpc) is 2.46. The van der Waals surface area contributed by atoms with Gasteiger partial charge >= 0.3 is 0 Å². The van der Waals surface area contributed by atoms with Gasteiger partial charge in [-0.2, -0.15) is 0 Å². The Morgan fingerprint density at radius 2 is 2.00 bits per heavy atom. The van der Waals surface area contributed by atoms with Crippen LogP contribution in [0.5, 0.6) is 0 Å². The van der Waals surface area contributed by atoms with Gasteiger partial charge in [-0.1, -0.05) is 26.2 Å². The van der Waals surface area contributed by atoms with Gasteiger partial charge in [-0.15, -0.1) is 0 Å². The Kier molecular flexibility index (Phi) is 3.79. The number of carbonyl (C=O) groups is 1. The van der Waals surface area contributed by atoms with E-state index >= 15 is 0 Å². The Labute approximate surface area is 126 Å². The molecule has 4 heteroatoms. The maximum Gasteiger partial charge on any atom is 0.224 e. The van der Waals surface area contributed by atoms with Gasteiger partial charge in [0.05, 0.1) is 11.4 Å². The summed E-state index contributed by atoms with van der Waals surface area (Å²) in [4.78, 5) is 11.5. The molecule has 1 amide bonds. The van der Waals surface area contributed by atoms with Crippen molar-refractivity contribution in [1.29, 1.82) is 0 Å². The van der Waals surface area contributed by atoms with E-state index in [2.05, 4.69) is 17.6 Å². The molecule has 0 saturated heterocycles. The quantitative estimate of drug-likeness (QED) is 0.745. The Bertz CT molecular complexity index is 547. The van der Waals surface area contributed by atoms with Crippen LogP contribution in [0, 0.1) is 5.41 Å². The molecule has 1 saturated carbocycles. The Balaban J connectivity index is 1.73. The van der Waals surface area contributed by atoms with Gasteiger partial charge in [0.25, 0.3) is 0 Å². The van der Waals surface area contributed by atoms with E-state index in [4.69, 9.17) is 5.73 Å². The van der Waals surface area contributed by atoms with Gasteiger partial charge in [0.2, 0.25) is 5.91 Å². The van der Waals surface area contributed by atoms with E-state index in [1.165, 1.54) is 32.1 Å². The first kappa shape index (κ1) is 14.2. The van der Waals surface area contributed by atoms with Crippen LogP contribution in [0.2, 0.25) is 0 Å². The van der Waals surface area contributed by atoms with Crippen molar-refractivity contribution in [3.8, 4) is 0 Å². The van der Waals surface area contributed by atoms with Crippen LogP contribution >= 0.6 is 0 Å². The predicted molar refractivity (Wildman–Crippen MR) is 87.5 cm³/mol. The lowest BCUT2D eigenvalue weighted by Gasteiger charge is -2.34. The number of nitrogens with one attached hydrogen (secondary N) is 2. The van der Waals surface area contributed by atoms with Crippen LogP contribution in [-0.2, 0) is 11.2 Å². The molecule has 1 fully saturated rings. The topological polar surface area (TPSA) is 67.1 Å². The normalized spacial score (nSPS) is 20.5. The third-order valence-electron chi connectivity index (χ3n) is 4.94. The number of hydrogen-bond donors (Lipinski definition) is 3. The Hall–Kier alpha value is -1.71. The molecule has 1 aliphatic carbocycles. The third-order valence-corrected chi connectivity index (χ3v) is 4.94. The van der Waals surface area contributed by atoms with Crippen molar-refractivity contribution in [3.05, 3.63) is 17.7 Å². The molecule has 4 nitrogen and oxygen atoms in total. The van der Waals surface area contributed by atoms with Gasteiger partial charge in [0, 0.05) is 18.7 Å². The molecule has 1 aromatic carbocycles. The largest absolute Gasteiger partial charge is 0.397 e. The molecule has 0 bridgehead atoms. The number of hydrogen-bond acceptors (Lipinski definition) is 3. The second-order valence-corrected chi connectivity index (χ2v) is 6.87. The number of benzene rings is 1. The molecule has 1 heterocycles. The number of carbonyl (C=O) groups excluding carboxylic acids is 1. The molecule has 21 heavy (non-hydrogen) atoms. The summed E-state index contributed by atoms with van der Waals surface area (Å²) in [5.41, 5.74) is 10.3. The molecule has 1 aliphatic heterocycles. The number of fused-ring (bicyclic) bond motifs is 1. The molecule has 0 aromatic heterocycles. The molecule has 0 atom stereocenters. The van der Waals surface area contributed by atoms with E-state index in [1.54, 1.807) is 0 Å². The minimum absolute atomic E-state index is 0.0949. The minimum Gasteiger partial charge on any atom is -0.397 e. The van der Waals surface area contributed by atoms with Crippen LogP contribution in [-0.4, -0.2) is 12.5 Å². The molecule has 2 aliphatic rings. The maximum atomic E-state index is 11.5. The van der Waals surface area contributed by atoms with Gasteiger partial charge in [0.15, 0.2) is 0 Å². The fourth-order valence-corrected chi connectivity index (χ4v) is 3.49. The minimum atomic E-state index is 0.0949. The first-order valence-electron chi connectivity index (χ1n) is 8.02. The van der Waals surface area contributed by atoms with Crippen molar-refractivity contribution in [3.63, 3.8) is 0 Å². The Morgan fingerprint density at radius 3 is 2.76 bits per heavy atom. The van der Waals surface area contributed by atoms with Crippen molar-refractivity contribution in [2.45, 2.75) is 51.9 Å². The molecule has 3 rings (SSSR count). The number of rotatable bonds is 3. The zero-order valence-corrected chi connectivity index (χ0v) is 12.8. The summed E-state index contributed by atoms with van der Waals surface area (Å²) in [6.45, 7) is 3.31. The second kappa shape index (κ2) is 5.58. The number of amides is 1. The molecule has 0 radical (unpaired) electrons. The summed E-state index contributed by atoms with van der Waals surface area (Å²) >= 11 is 0. The molecule has 114 valence electrons. The molecule has 0 spiro atoms. The van der Waals surface area contributed by atoms with Crippen LogP contribution in [0.4, 0.5) is 17.1 Å². The first-order chi connectivity index (χ1) is 10.1. The summed E-state index contributed by atoms with van der Waals surface area (Å²) in [7, 11) is 0. The smallest absolute Gasteiger partial charge is 0.224 e. The summed E-state index contributed by atoms with van der Waals surface area (Å²) < 4.78 is 0. The zero-order chi connectivity index (χ0) is 14.9. The van der Waals surface area contributed by atoms with Crippen LogP contribution in [0.25, 0.3) is 0 Å². The number of nitrogens with two attached hydrogens (primary N) is 1. The van der Waals surface area contributed by atoms with Gasteiger partial charge in [-0.3, -0.25) is 4.79 Å². The monoisotopic (exact) mass is 287 g/mol. The van der Waals surface area contributed by atoms with E-state index in [1.807, 2.05) is 12.1 Å². The molecular formula is C17H25N3O. The predicted octanol–water partition coefficient (Wildman–Crippen LogP) is 3.54. The maximum absolute atomic E-state index is 11.5. The van der Waals surface area contributed by atoms with Crippen molar-refractivity contribution >= 4 is 23.0 Å². The lowest BCUT2D eigenvalue weighted by Crippen LogP contribution is -2.29. The van der Waals surface area contributed by atoms with E-state index in [0.717, 1.165) is 35.6 Å². The van der Waals surface area contributed by atoms with Gasteiger partial charge in [0.1, 0.15) is 0 Å². The molecule has 1 aromatic rings. The second-order valence-electron chi connectivity index (χ2n) is 6.87. The van der Waals surface area contributed by atoms with Gasteiger partial charge < -0.3 is 16.4 Å². The van der Waals surface area contributed by atoms with Crippen molar-refractivity contribution in [2.75, 3.05) is 22.9 Å². The number of anilines is 3. The number of nitrogen functional groups attached to an aromatic ring is 1. The molecule has 4 N–H and O–H groups in total. The highest BCUT2D eigenvalue weighted by molar-refractivity contribution is 5.95. The van der Waals surface area contributed by atoms with Crippen LogP contribution < -0.4 is 16.4 Å². The highest BCUT2D eigenvalue weighted by Crippen LogP contribution is 2.37. The molecule has 0 unspecified atom stereocenters. The summed E-state index contributed by atoms with van der Waals surface area (Å²) in [6, 6.07) is 3.99. The van der Waals surface area contributed by atoms with Gasteiger partial charge in [-0.05, 0) is 42.4 Å². The zero-order valence-electron chi connectivity index (χ0n) is 12.8. The van der Waals surface area contributed by atoms with E-state index in [-0.39, 0.29) is 5.91 Å². The fourth-order valence-electron chi connectivity index (χ4n) is 3.49. The standard InChI is InChI=1S/C17H25N3O/c1-17(7-3-2-4-8-17)11-19-15-10-14-12(9-13(15)18)5-6-16(21)20-14/h9-10,19H,2-8,11,18H2,1H3,(H,20,21). The van der Waals surface area contributed by atoms with Crippen LogP contribution in [0.1, 0.15) is 51.0 Å². The number of aryl methyl sites for hydroxylation is 1. The summed E-state index contributed by atoms with van der Waals surface area (Å²) in [5.74, 6) is 0.0949. The third kappa shape index (κ3) is 3.14. The van der Waals surface area contributed by atoms with E-state index < -0.39 is 0 Å². The van der Waals surface area contributed by atoms with Crippen LogP contribution in [0.15, 0.2) is 12.1 Å².